The van der Waals surface area contributed by atoms with Crippen molar-refractivity contribution in [1.29, 1.82) is 0 Å². The van der Waals surface area contributed by atoms with E-state index in [1.165, 1.54) is 4.57 Å². The lowest BCUT2D eigenvalue weighted by Crippen LogP contribution is -2.40. The zero-order valence-electron chi connectivity index (χ0n) is 16.8. The van der Waals surface area contributed by atoms with Gasteiger partial charge in [-0.2, -0.15) is 0 Å². The zero-order valence-corrected chi connectivity index (χ0v) is 16.8. The molecule has 0 aliphatic heterocycles. The van der Waals surface area contributed by atoms with Crippen LogP contribution in [-0.4, -0.2) is 28.7 Å². The highest BCUT2D eigenvalue weighted by atomic mass is 16.5. The Hall–Kier alpha value is -2.08. The van der Waals surface area contributed by atoms with Crippen molar-refractivity contribution in [2.24, 2.45) is 29.4 Å². The Morgan fingerprint density at radius 2 is 2.04 bits per heavy atom. The highest BCUT2D eigenvalue weighted by molar-refractivity contribution is 5.92. The summed E-state index contributed by atoms with van der Waals surface area (Å²) >= 11 is 0. The molecule has 1 aromatic heterocycles. The van der Waals surface area contributed by atoms with Crippen LogP contribution in [0.4, 0.5) is 0 Å². The molecule has 0 bridgehead atoms. The summed E-state index contributed by atoms with van der Waals surface area (Å²) in [6, 6.07) is 5.40. The number of hydrogen-bond donors (Lipinski definition) is 1. The van der Waals surface area contributed by atoms with E-state index < -0.39 is 0 Å². The SMILES string of the molecule is COc1ccc2c(c1)n(CCN)c(=O)n2C(=O)[C@@H]1C[C@H](C)CCC1C(C)C. The first-order valence-corrected chi connectivity index (χ1v) is 9.92. The molecule has 6 nitrogen and oxygen atoms in total. The molecule has 1 aliphatic carbocycles. The number of aromatic nitrogens is 2. The first kappa shape index (κ1) is 19.7. The lowest BCUT2D eigenvalue weighted by Gasteiger charge is -2.36. The van der Waals surface area contributed by atoms with Gasteiger partial charge >= 0.3 is 5.69 Å². The Morgan fingerprint density at radius 1 is 1.30 bits per heavy atom. The molecule has 27 heavy (non-hydrogen) atoms. The van der Waals surface area contributed by atoms with Crippen LogP contribution in [0.1, 0.15) is 44.8 Å². The summed E-state index contributed by atoms with van der Waals surface area (Å²) < 4.78 is 8.27. The predicted molar refractivity (Wildman–Crippen MR) is 107 cm³/mol. The average molecular weight is 373 g/mol. The van der Waals surface area contributed by atoms with Gasteiger partial charge in [0.15, 0.2) is 0 Å². The fourth-order valence-electron chi connectivity index (χ4n) is 4.57. The topological polar surface area (TPSA) is 79.2 Å². The third-order valence-corrected chi connectivity index (χ3v) is 6.05. The number of imidazole rings is 1. The minimum absolute atomic E-state index is 0.0730. The summed E-state index contributed by atoms with van der Waals surface area (Å²) in [5.41, 5.74) is 6.75. The van der Waals surface area contributed by atoms with Gasteiger partial charge in [-0.3, -0.25) is 9.36 Å². The van der Waals surface area contributed by atoms with Crippen molar-refractivity contribution in [2.75, 3.05) is 13.7 Å². The van der Waals surface area contributed by atoms with E-state index in [9.17, 15) is 9.59 Å². The summed E-state index contributed by atoms with van der Waals surface area (Å²) in [6.45, 7) is 7.25. The Labute approximate surface area is 160 Å². The van der Waals surface area contributed by atoms with Gasteiger partial charge in [0, 0.05) is 25.1 Å². The smallest absolute Gasteiger partial charge is 0.336 e. The monoisotopic (exact) mass is 373 g/mol. The molecule has 1 aromatic carbocycles. The van der Waals surface area contributed by atoms with Gasteiger partial charge in [-0.25, -0.2) is 9.36 Å². The number of nitrogens with two attached hydrogens (primary N) is 1. The lowest BCUT2D eigenvalue weighted by atomic mass is 9.69. The number of carbonyl (C=O) groups excluding carboxylic acids is 1. The molecule has 0 amide bonds. The molecule has 1 saturated carbocycles. The van der Waals surface area contributed by atoms with Crippen molar-refractivity contribution in [3.63, 3.8) is 0 Å². The maximum absolute atomic E-state index is 13.6. The Morgan fingerprint density at radius 3 is 2.67 bits per heavy atom. The maximum atomic E-state index is 13.6. The first-order chi connectivity index (χ1) is 12.9. The molecule has 0 spiro atoms. The summed E-state index contributed by atoms with van der Waals surface area (Å²) in [5.74, 6) is 1.69. The van der Waals surface area contributed by atoms with E-state index in [1.807, 2.05) is 0 Å². The minimum Gasteiger partial charge on any atom is -0.497 e. The number of ether oxygens (including phenoxy) is 1. The van der Waals surface area contributed by atoms with Crippen LogP contribution in [0.15, 0.2) is 23.0 Å². The second kappa shape index (κ2) is 7.89. The molecule has 1 heterocycles. The highest BCUT2D eigenvalue weighted by Gasteiger charge is 2.37. The number of fused-ring (bicyclic) bond motifs is 1. The van der Waals surface area contributed by atoms with Crippen LogP contribution >= 0.6 is 0 Å². The Balaban J connectivity index is 2.13. The van der Waals surface area contributed by atoms with Crippen LogP contribution in [0.2, 0.25) is 0 Å². The van der Waals surface area contributed by atoms with Gasteiger partial charge in [-0.1, -0.05) is 27.2 Å². The second-order valence-electron chi connectivity index (χ2n) is 8.18. The van der Waals surface area contributed by atoms with Gasteiger partial charge in [0.1, 0.15) is 5.75 Å². The molecule has 6 heteroatoms. The summed E-state index contributed by atoms with van der Waals surface area (Å²) in [6.07, 6.45) is 3.03. The van der Waals surface area contributed by atoms with Crippen LogP contribution in [0, 0.1) is 23.7 Å². The van der Waals surface area contributed by atoms with E-state index in [0.717, 1.165) is 19.3 Å². The minimum atomic E-state index is -0.297. The molecule has 3 atom stereocenters. The number of methoxy groups -OCH3 is 1. The molecular weight excluding hydrogens is 342 g/mol. The predicted octanol–water partition coefficient (Wildman–Crippen LogP) is 3.12. The standard InChI is InChI=1S/C21H31N3O3/c1-13(2)16-7-5-14(3)11-17(16)20(25)24-18-8-6-15(27-4)12-19(18)23(10-9-22)21(24)26/h6,8,12-14,16-17H,5,7,9-11,22H2,1-4H3/t14-,16?,17-/m1/s1. The number of carbonyl (C=O) groups is 1. The molecule has 0 saturated heterocycles. The van der Waals surface area contributed by atoms with Crippen molar-refractivity contribution in [3.8, 4) is 5.75 Å². The van der Waals surface area contributed by atoms with Gasteiger partial charge < -0.3 is 10.5 Å². The van der Waals surface area contributed by atoms with E-state index in [2.05, 4.69) is 20.8 Å². The van der Waals surface area contributed by atoms with Gasteiger partial charge in [-0.05, 0) is 42.7 Å². The van der Waals surface area contributed by atoms with E-state index in [0.29, 0.717) is 47.6 Å². The first-order valence-electron chi connectivity index (χ1n) is 9.92. The van der Waals surface area contributed by atoms with Crippen LogP contribution in [0.3, 0.4) is 0 Å². The van der Waals surface area contributed by atoms with Gasteiger partial charge in [0.25, 0.3) is 0 Å². The number of benzene rings is 1. The van der Waals surface area contributed by atoms with Crippen LogP contribution < -0.4 is 16.2 Å². The molecule has 0 radical (unpaired) electrons. The van der Waals surface area contributed by atoms with E-state index in [-0.39, 0.29) is 17.5 Å². The van der Waals surface area contributed by atoms with Gasteiger partial charge in [0.05, 0.1) is 18.1 Å². The highest BCUT2D eigenvalue weighted by Crippen LogP contribution is 2.39. The van der Waals surface area contributed by atoms with E-state index >= 15 is 0 Å². The fourth-order valence-corrected chi connectivity index (χ4v) is 4.57. The summed E-state index contributed by atoms with van der Waals surface area (Å²) in [4.78, 5) is 26.7. The summed E-state index contributed by atoms with van der Waals surface area (Å²) in [7, 11) is 1.59. The number of rotatable bonds is 5. The van der Waals surface area contributed by atoms with E-state index in [4.69, 9.17) is 10.5 Å². The zero-order chi connectivity index (χ0) is 19.7. The van der Waals surface area contributed by atoms with Gasteiger partial charge in [0.2, 0.25) is 5.91 Å². The van der Waals surface area contributed by atoms with Crippen molar-refractivity contribution < 1.29 is 9.53 Å². The molecule has 2 aromatic rings. The largest absolute Gasteiger partial charge is 0.497 e. The third kappa shape index (κ3) is 3.55. The molecule has 2 N–H and O–H groups in total. The molecule has 148 valence electrons. The third-order valence-electron chi connectivity index (χ3n) is 6.05. The lowest BCUT2D eigenvalue weighted by molar-refractivity contribution is 0.0633. The van der Waals surface area contributed by atoms with Crippen molar-refractivity contribution >= 4 is 16.9 Å². The summed E-state index contributed by atoms with van der Waals surface area (Å²) in [5, 5.41) is 0. The van der Waals surface area contributed by atoms with Crippen LogP contribution in [0.25, 0.3) is 11.0 Å². The van der Waals surface area contributed by atoms with Gasteiger partial charge in [-0.15, -0.1) is 0 Å². The molecule has 3 rings (SSSR count). The van der Waals surface area contributed by atoms with E-state index in [1.54, 1.807) is 29.9 Å². The van der Waals surface area contributed by atoms with Crippen LogP contribution in [-0.2, 0) is 6.54 Å². The normalized spacial score (nSPS) is 23.1. The maximum Gasteiger partial charge on any atom is 0.336 e. The van der Waals surface area contributed by atoms with Crippen molar-refractivity contribution in [3.05, 3.63) is 28.7 Å². The van der Waals surface area contributed by atoms with Crippen LogP contribution in [0.5, 0.6) is 5.75 Å². The number of hydrogen-bond acceptors (Lipinski definition) is 4. The molecule has 1 fully saturated rings. The second-order valence-corrected chi connectivity index (χ2v) is 8.18. The quantitative estimate of drug-likeness (QED) is 0.873. The molecular formula is C21H31N3O3. The van der Waals surface area contributed by atoms with Crippen molar-refractivity contribution in [1.82, 2.24) is 9.13 Å². The molecule has 1 unspecified atom stereocenters. The number of nitrogens with zero attached hydrogens (tertiary/aromatic N) is 2. The Bertz CT molecular complexity index is 881. The average Bonchev–Trinajstić information content (AvgIpc) is 2.92. The Kier molecular flexibility index (Phi) is 5.75. The van der Waals surface area contributed by atoms with Crippen molar-refractivity contribution in [2.45, 2.75) is 46.6 Å². The molecule has 1 aliphatic rings. The fraction of sp³-hybridized carbons (Fsp3) is 0.619.